The number of nitrogens with zero attached hydrogens (tertiary/aromatic N) is 6. The van der Waals surface area contributed by atoms with Crippen LogP contribution in [-0.2, 0) is 4.74 Å². The molecule has 1 aliphatic carbocycles. The van der Waals surface area contributed by atoms with Crippen molar-refractivity contribution in [1.29, 1.82) is 0 Å². The molecular weight excluding hydrogens is 416 g/mol. The summed E-state index contributed by atoms with van der Waals surface area (Å²) in [7, 11) is 0. The van der Waals surface area contributed by atoms with Gasteiger partial charge in [0, 0.05) is 73.9 Å². The van der Waals surface area contributed by atoms with Crippen LogP contribution in [0.2, 0.25) is 0 Å². The number of hydrogen-bond donors (Lipinski definition) is 0. The van der Waals surface area contributed by atoms with Crippen LogP contribution in [-0.4, -0.2) is 81.8 Å². The molecule has 5 heterocycles. The van der Waals surface area contributed by atoms with Crippen LogP contribution >= 0.6 is 0 Å². The highest BCUT2D eigenvalue weighted by atomic mass is 16.6. The molecule has 3 saturated heterocycles. The minimum atomic E-state index is -0.146. The molecular formula is C25H32N6O2. The van der Waals surface area contributed by atoms with Crippen LogP contribution in [0.25, 0.3) is 11.3 Å². The average Bonchev–Trinajstić information content (AvgIpc) is 3.38. The fourth-order valence-electron chi connectivity index (χ4n) is 6.70. The van der Waals surface area contributed by atoms with E-state index in [4.69, 9.17) is 9.72 Å². The van der Waals surface area contributed by atoms with Crippen LogP contribution in [0.4, 0.5) is 10.6 Å². The number of carbonyl (C=O) groups excluding carboxylic acids is 1. The van der Waals surface area contributed by atoms with E-state index in [0.29, 0.717) is 30.1 Å². The number of ether oxygens (including phenoxy) is 1. The van der Waals surface area contributed by atoms with Crippen molar-refractivity contribution >= 4 is 11.9 Å². The van der Waals surface area contributed by atoms with Gasteiger partial charge in [-0.15, -0.1) is 0 Å². The van der Waals surface area contributed by atoms with Gasteiger partial charge >= 0.3 is 6.09 Å². The summed E-state index contributed by atoms with van der Waals surface area (Å²) >= 11 is 0. The smallest absolute Gasteiger partial charge is 0.409 e. The van der Waals surface area contributed by atoms with Crippen LogP contribution in [0, 0.1) is 5.41 Å². The van der Waals surface area contributed by atoms with Crippen molar-refractivity contribution in [1.82, 2.24) is 24.8 Å². The second-order valence-corrected chi connectivity index (χ2v) is 10.2. The van der Waals surface area contributed by atoms with E-state index in [-0.39, 0.29) is 6.09 Å². The van der Waals surface area contributed by atoms with Gasteiger partial charge in [0.15, 0.2) is 0 Å². The van der Waals surface area contributed by atoms with E-state index in [2.05, 4.69) is 25.8 Å². The number of piperazine rings is 1. The highest BCUT2D eigenvalue weighted by molar-refractivity contribution is 5.73. The second-order valence-electron chi connectivity index (χ2n) is 10.2. The van der Waals surface area contributed by atoms with E-state index in [0.717, 1.165) is 43.3 Å². The van der Waals surface area contributed by atoms with Gasteiger partial charge in [-0.1, -0.05) is 0 Å². The number of amides is 1. The quantitative estimate of drug-likeness (QED) is 0.711. The molecule has 8 nitrogen and oxygen atoms in total. The Kier molecular flexibility index (Phi) is 5.20. The molecule has 8 heteroatoms. The van der Waals surface area contributed by atoms with E-state index in [1.165, 1.54) is 32.1 Å². The summed E-state index contributed by atoms with van der Waals surface area (Å²) in [5.41, 5.74) is 2.27. The van der Waals surface area contributed by atoms with Gasteiger partial charge < -0.3 is 14.5 Å². The SMILES string of the molecule is CCOC(=O)N1CC2(CC[C@H](N3C[C@H]4CC[C@@H](C3)N4c3ncccc3-c3cnccn3)C2)C1. The lowest BCUT2D eigenvalue weighted by molar-refractivity contribution is -0.00348. The predicted octanol–water partition coefficient (Wildman–Crippen LogP) is 3.20. The Balaban J connectivity index is 1.14. The molecule has 2 aromatic heterocycles. The molecule has 0 N–H and O–H groups in total. The first-order valence-electron chi connectivity index (χ1n) is 12.3. The van der Waals surface area contributed by atoms with Gasteiger partial charge in [-0.2, -0.15) is 0 Å². The van der Waals surface area contributed by atoms with Crippen LogP contribution in [0.5, 0.6) is 0 Å². The first-order chi connectivity index (χ1) is 16.2. The molecule has 1 amide bonds. The molecule has 3 atom stereocenters. The largest absolute Gasteiger partial charge is 0.450 e. The first-order valence-corrected chi connectivity index (χ1v) is 12.3. The maximum atomic E-state index is 12.0. The zero-order valence-electron chi connectivity index (χ0n) is 19.3. The van der Waals surface area contributed by atoms with Crippen molar-refractivity contribution in [3.8, 4) is 11.3 Å². The van der Waals surface area contributed by atoms with Gasteiger partial charge in [-0.05, 0) is 51.2 Å². The molecule has 33 heavy (non-hydrogen) atoms. The van der Waals surface area contributed by atoms with E-state index in [1.54, 1.807) is 12.4 Å². The molecule has 0 aromatic carbocycles. The van der Waals surface area contributed by atoms with Gasteiger partial charge in [0.05, 0.1) is 18.5 Å². The molecule has 2 bridgehead atoms. The number of aromatic nitrogens is 3. The summed E-state index contributed by atoms with van der Waals surface area (Å²) in [6.45, 7) is 6.24. The number of hydrogen-bond acceptors (Lipinski definition) is 7. The Bertz CT molecular complexity index is 997. The third kappa shape index (κ3) is 3.64. The standard InChI is InChI=1S/C25H32N6O2/c1-2-33-24(32)30-16-25(17-30)8-7-18(12-25)29-14-19-5-6-20(15-29)31(19)23-21(4-3-9-28-23)22-13-26-10-11-27-22/h3-4,9-11,13,18-20H,2,5-8,12,14-17H2,1H3/t18-,19-,20+/m0/s1. The zero-order valence-corrected chi connectivity index (χ0v) is 19.3. The number of anilines is 1. The molecule has 0 radical (unpaired) electrons. The summed E-state index contributed by atoms with van der Waals surface area (Å²) in [6.07, 6.45) is 13.1. The molecule has 6 rings (SSSR count). The lowest BCUT2D eigenvalue weighted by Crippen LogP contribution is -2.59. The van der Waals surface area contributed by atoms with Crippen molar-refractivity contribution < 1.29 is 9.53 Å². The minimum Gasteiger partial charge on any atom is -0.450 e. The molecule has 3 aliphatic heterocycles. The Morgan fingerprint density at radius 3 is 2.64 bits per heavy atom. The van der Waals surface area contributed by atoms with Crippen molar-refractivity contribution in [3.05, 3.63) is 36.9 Å². The number of carbonyl (C=O) groups is 1. The highest BCUT2D eigenvalue weighted by Crippen LogP contribution is 2.48. The van der Waals surface area contributed by atoms with Gasteiger partial charge in [0.2, 0.25) is 0 Å². The van der Waals surface area contributed by atoms with Crippen LogP contribution in [0.1, 0.15) is 39.0 Å². The molecule has 1 spiro atoms. The minimum absolute atomic E-state index is 0.146. The zero-order chi connectivity index (χ0) is 22.4. The average molecular weight is 449 g/mol. The Hall–Kier alpha value is -2.74. The Morgan fingerprint density at radius 2 is 1.91 bits per heavy atom. The van der Waals surface area contributed by atoms with Crippen molar-refractivity contribution in [2.24, 2.45) is 5.41 Å². The predicted molar refractivity (Wildman–Crippen MR) is 125 cm³/mol. The van der Waals surface area contributed by atoms with E-state index in [1.807, 2.05) is 30.3 Å². The second kappa shape index (κ2) is 8.24. The van der Waals surface area contributed by atoms with Crippen LogP contribution in [0.15, 0.2) is 36.9 Å². The Morgan fingerprint density at radius 1 is 1.09 bits per heavy atom. The monoisotopic (exact) mass is 448 g/mol. The van der Waals surface area contributed by atoms with Crippen LogP contribution < -0.4 is 4.90 Å². The van der Waals surface area contributed by atoms with Gasteiger partial charge in [-0.25, -0.2) is 9.78 Å². The van der Waals surface area contributed by atoms with E-state index < -0.39 is 0 Å². The maximum absolute atomic E-state index is 12.0. The highest BCUT2D eigenvalue weighted by Gasteiger charge is 2.53. The summed E-state index contributed by atoms with van der Waals surface area (Å²) < 4.78 is 5.18. The molecule has 2 aromatic rings. The topological polar surface area (TPSA) is 74.7 Å². The molecule has 0 unspecified atom stereocenters. The third-order valence-electron chi connectivity index (χ3n) is 8.15. The number of pyridine rings is 1. The molecule has 4 fully saturated rings. The molecule has 4 aliphatic rings. The van der Waals surface area contributed by atoms with Crippen molar-refractivity contribution in [3.63, 3.8) is 0 Å². The fourth-order valence-corrected chi connectivity index (χ4v) is 6.70. The summed E-state index contributed by atoms with van der Waals surface area (Å²) in [5, 5.41) is 0. The molecule has 1 saturated carbocycles. The summed E-state index contributed by atoms with van der Waals surface area (Å²) in [5.74, 6) is 1.05. The van der Waals surface area contributed by atoms with Gasteiger partial charge in [0.1, 0.15) is 5.82 Å². The number of rotatable bonds is 4. The van der Waals surface area contributed by atoms with E-state index in [9.17, 15) is 4.79 Å². The van der Waals surface area contributed by atoms with Gasteiger partial charge in [0.25, 0.3) is 0 Å². The molecule has 174 valence electrons. The number of fused-ring (bicyclic) bond motifs is 2. The Labute approximate surface area is 195 Å². The lowest BCUT2D eigenvalue weighted by atomic mass is 9.78. The third-order valence-corrected chi connectivity index (χ3v) is 8.15. The van der Waals surface area contributed by atoms with Crippen molar-refractivity contribution in [2.75, 3.05) is 37.7 Å². The van der Waals surface area contributed by atoms with Gasteiger partial charge in [-0.3, -0.25) is 14.9 Å². The summed E-state index contributed by atoms with van der Waals surface area (Å²) in [4.78, 5) is 32.8. The normalized spacial score (nSPS) is 28.2. The maximum Gasteiger partial charge on any atom is 0.409 e. The van der Waals surface area contributed by atoms with Crippen LogP contribution in [0.3, 0.4) is 0 Å². The fraction of sp³-hybridized carbons (Fsp3) is 0.600. The lowest BCUT2D eigenvalue weighted by Gasteiger charge is -2.49. The van der Waals surface area contributed by atoms with Crippen molar-refractivity contribution in [2.45, 2.75) is 57.2 Å². The first kappa shape index (κ1) is 20.8. The summed E-state index contributed by atoms with van der Waals surface area (Å²) in [6, 6.07) is 5.71. The van der Waals surface area contributed by atoms with E-state index >= 15 is 0 Å². The number of likely N-dealkylation sites (tertiary alicyclic amines) is 2.